The Morgan fingerprint density at radius 1 is 1.50 bits per heavy atom. The van der Waals surface area contributed by atoms with Gasteiger partial charge in [-0.05, 0) is 0 Å². The average Bonchev–Trinajstić information content (AvgIpc) is 2.23. The van der Waals surface area contributed by atoms with E-state index in [1.165, 1.54) is 7.11 Å². The lowest BCUT2D eigenvalue weighted by molar-refractivity contribution is -0.114. The van der Waals surface area contributed by atoms with E-state index in [1.54, 1.807) is 0 Å². The summed E-state index contributed by atoms with van der Waals surface area (Å²) in [5, 5.41) is 1.96. The van der Waals surface area contributed by atoms with E-state index in [0.717, 1.165) is 13.0 Å². The molecule has 0 saturated heterocycles. The summed E-state index contributed by atoms with van der Waals surface area (Å²) in [7, 11) is 1.18. The van der Waals surface area contributed by atoms with Crippen LogP contribution in [-0.2, 0) is 4.79 Å². The van der Waals surface area contributed by atoms with Crippen LogP contribution in [0, 0.1) is 11.6 Å². The molecule has 4 nitrogen and oxygen atoms in total. The molecule has 0 radical (unpaired) electrons. The van der Waals surface area contributed by atoms with Crippen molar-refractivity contribution >= 4 is 17.9 Å². The molecule has 86 valence electrons. The maximum Gasteiger partial charge on any atom is 0.221 e. The van der Waals surface area contributed by atoms with Gasteiger partial charge >= 0.3 is 0 Å². The first kappa shape index (κ1) is 12.1. The topological polar surface area (TPSA) is 55.4 Å². The van der Waals surface area contributed by atoms with E-state index in [0.29, 0.717) is 0 Å². The van der Waals surface area contributed by atoms with Crippen molar-refractivity contribution in [3.8, 4) is 5.75 Å². The molecule has 0 aliphatic rings. The molecule has 0 saturated carbocycles. The van der Waals surface area contributed by atoms with Crippen LogP contribution in [0.15, 0.2) is 6.07 Å². The van der Waals surface area contributed by atoms with E-state index in [1.807, 2.05) is 5.32 Å². The molecule has 1 rings (SSSR count). The van der Waals surface area contributed by atoms with Crippen LogP contribution < -0.4 is 10.1 Å². The lowest BCUT2D eigenvalue weighted by Gasteiger charge is -2.10. The molecule has 1 aromatic carbocycles. The monoisotopic (exact) mass is 229 g/mol. The Bertz CT molecular complexity index is 446. The molecule has 0 atom stereocenters. The van der Waals surface area contributed by atoms with Crippen molar-refractivity contribution in [3.05, 3.63) is 23.3 Å². The number of methoxy groups -OCH3 is 1. The zero-order chi connectivity index (χ0) is 12.3. The first-order chi connectivity index (χ1) is 7.51. The van der Waals surface area contributed by atoms with Gasteiger partial charge in [-0.15, -0.1) is 0 Å². The summed E-state index contributed by atoms with van der Waals surface area (Å²) in [6, 6.07) is 0.831. The fourth-order valence-corrected chi connectivity index (χ4v) is 1.18. The van der Waals surface area contributed by atoms with Gasteiger partial charge in [0, 0.05) is 13.0 Å². The summed E-state index contributed by atoms with van der Waals surface area (Å²) in [5.74, 6) is -3.02. The number of nitrogens with one attached hydrogen (secondary N) is 1. The molecular formula is C10H9F2NO3. The lowest BCUT2D eigenvalue weighted by atomic mass is 10.1. The van der Waals surface area contributed by atoms with Gasteiger partial charge in [-0.2, -0.15) is 0 Å². The Hall–Kier alpha value is -1.98. The van der Waals surface area contributed by atoms with Crippen LogP contribution in [0.1, 0.15) is 17.3 Å². The van der Waals surface area contributed by atoms with Gasteiger partial charge in [0.15, 0.2) is 17.9 Å². The van der Waals surface area contributed by atoms with Crippen LogP contribution in [0.25, 0.3) is 0 Å². The fraction of sp³-hybridized carbons (Fsp3) is 0.200. The molecule has 0 aliphatic heterocycles. The molecular weight excluding hydrogens is 220 g/mol. The van der Waals surface area contributed by atoms with Crippen molar-refractivity contribution in [3.63, 3.8) is 0 Å². The average molecular weight is 229 g/mol. The second-order valence-electron chi connectivity index (χ2n) is 2.96. The summed E-state index contributed by atoms with van der Waals surface area (Å²) < 4.78 is 31.5. The standard InChI is InChI=1S/C10H9F2NO3/c1-5(15)13-10-7(11)3-8(16-2)6(4-14)9(10)12/h3-4H,1-2H3,(H,13,15). The minimum atomic E-state index is -1.15. The fourth-order valence-electron chi connectivity index (χ4n) is 1.18. The van der Waals surface area contributed by atoms with Gasteiger partial charge in [0.1, 0.15) is 11.4 Å². The summed E-state index contributed by atoms with van der Waals surface area (Å²) in [6.45, 7) is 1.10. The molecule has 16 heavy (non-hydrogen) atoms. The van der Waals surface area contributed by atoms with E-state index < -0.39 is 28.8 Å². The molecule has 1 N–H and O–H groups in total. The molecule has 0 unspecified atom stereocenters. The van der Waals surface area contributed by atoms with Crippen LogP contribution in [0.3, 0.4) is 0 Å². The Kier molecular flexibility index (Phi) is 3.55. The SMILES string of the molecule is COc1cc(F)c(NC(C)=O)c(F)c1C=O. The molecule has 1 amide bonds. The van der Waals surface area contributed by atoms with E-state index in [4.69, 9.17) is 0 Å². The van der Waals surface area contributed by atoms with Gasteiger partial charge in [-0.25, -0.2) is 8.78 Å². The van der Waals surface area contributed by atoms with Gasteiger partial charge in [0.2, 0.25) is 5.91 Å². The second-order valence-corrected chi connectivity index (χ2v) is 2.96. The zero-order valence-corrected chi connectivity index (χ0v) is 8.64. The van der Waals surface area contributed by atoms with E-state index >= 15 is 0 Å². The van der Waals surface area contributed by atoms with Crippen molar-refractivity contribution < 1.29 is 23.1 Å². The molecule has 0 heterocycles. The first-order valence-corrected chi connectivity index (χ1v) is 4.30. The van der Waals surface area contributed by atoms with Gasteiger partial charge in [-0.1, -0.05) is 0 Å². The third kappa shape index (κ3) is 2.16. The number of benzene rings is 1. The van der Waals surface area contributed by atoms with Crippen LogP contribution in [0.4, 0.5) is 14.5 Å². The molecule has 0 aliphatic carbocycles. The Morgan fingerprint density at radius 2 is 2.12 bits per heavy atom. The predicted octanol–water partition coefficient (Wildman–Crippen LogP) is 1.74. The van der Waals surface area contributed by atoms with E-state index in [-0.39, 0.29) is 12.0 Å². The normalized spacial score (nSPS) is 9.75. The molecule has 0 bridgehead atoms. The molecule has 6 heteroatoms. The minimum Gasteiger partial charge on any atom is -0.496 e. The van der Waals surface area contributed by atoms with Crippen molar-refractivity contribution in [1.29, 1.82) is 0 Å². The highest BCUT2D eigenvalue weighted by atomic mass is 19.1. The Morgan fingerprint density at radius 3 is 2.56 bits per heavy atom. The third-order valence-corrected chi connectivity index (χ3v) is 1.86. The zero-order valence-electron chi connectivity index (χ0n) is 8.64. The number of aldehydes is 1. The number of ether oxygens (including phenoxy) is 1. The summed E-state index contributed by atoms with van der Waals surface area (Å²) in [5.41, 5.74) is -1.09. The summed E-state index contributed by atoms with van der Waals surface area (Å²) in [6.07, 6.45) is 0.193. The van der Waals surface area contributed by atoms with Crippen molar-refractivity contribution in [2.45, 2.75) is 6.92 Å². The first-order valence-electron chi connectivity index (χ1n) is 4.30. The highest BCUT2D eigenvalue weighted by Gasteiger charge is 2.19. The highest BCUT2D eigenvalue weighted by Crippen LogP contribution is 2.29. The number of anilines is 1. The number of hydrogen-bond acceptors (Lipinski definition) is 3. The van der Waals surface area contributed by atoms with Crippen molar-refractivity contribution in [2.75, 3.05) is 12.4 Å². The largest absolute Gasteiger partial charge is 0.496 e. The molecule has 0 aromatic heterocycles. The highest BCUT2D eigenvalue weighted by molar-refractivity contribution is 5.91. The number of carbonyl (C=O) groups is 2. The lowest BCUT2D eigenvalue weighted by Crippen LogP contribution is -2.11. The van der Waals surface area contributed by atoms with Gasteiger partial charge in [0.05, 0.1) is 12.7 Å². The summed E-state index contributed by atoms with van der Waals surface area (Å²) in [4.78, 5) is 21.3. The number of carbonyl (C=O) groups excluding carboxylic acids is 2. The minimum absolute atomic E-state index is 0.193. The molecule has 1 aromatic rings. The predicted molar refractivity (Wildman–Crippen MR) is 52.6 cm³/mol. The second kappa shape index (κ2) is 4.69. The van der Waals surface area contributed by atoms with Crippen LogP contribution in [-0.4, -0.2) is 19.3 Å². The third-order valence-electron chi connectivity index (χ3n) is 1.86. The van der Waals surface area contributed by atoms with E-state index in [2.05, 4.69) is 4.74 Å². The number of rotatable bonds is 3. The molecule has 0 spiro atoms. The summed E-state index contributed by atoms with van der Waals surface area (Å²) >= 11 is 0. The number of hydrogen-bond donors (Lipinski definition) is 1. The van der Waals surface area contributed by atoms with Crippen LogP contribution >= 0.6 is 0 Å². The van der Waals surface area contributed by atoms with Gasteiger partial charge in [-0.3, -0.25) is 9.59 Å². The maximum absolute atomic E-state index is 13.6. The number of halogens is 2. The van der Waals surface area contributed by atoms with Crippen LogP contribution in [0.2, 0.25) is 0 Å². The van der Waals surface area contributed by atoms with Gasteiger partial charge < -0.3 is 10.1 Å². The van der Waals surface area contributed by atoms with Crippen molar-refractivity contribution in [1.82, 2.24) is 0 Å². The number of amides is 1. The van der Waals surface area contributed by atoms with E-state index in [9.17, 15) is 18.4 Å². The Balaban J connectivity index is 3.40. The van der Waals surface area contributed by atoms with Crippen LogP contribution in [0.5, 0.6) is 5.75 Å². The maximum atomic E-state index is 13.6. The quantitative estimate of drug-likeness (QED) is 0.803. The van der Waals surface area contributed by atoms with Crippen molar-refractivity contribution in [2.24, 2.45) is 0 Å². The van der Waals surface area contributed by atoms with Gasteiger partial charge in [0.25, 0.3) is 0 Å². The Labute approximate surface area is 90.2 Å². The molecule has 0 fully saturated rings. The smallest absolute Gasteiger partial charge is 0.221 e.